The summed E-state index contributed by atoms with van der Waals surface area (Å²) in [5.74, 6) is -0.629. The lowest BCUT2D eigenvalue weighted by Crippen LogP contribution is -2.41. The van der Waals surface area contributed by atoms with Gasteiger partial charge in [0.2, 0.25) is 0 Å². The lowest BCUT2D eigenvalue weighted by atomic mass is 9.98. The fraction of sp³-hybridized carbons (Fsp3) is 0.333. The van der Waals surface area contributed by atoms with Crippen molar-refractivity contribution >= 4 is 21.8 Å². The molecule has 0 radical (unpaired) electrons. The zero-order valence-corrected chi connectivity index (χ0v) is 15.9. The number of nitrogens with one attached hydrogen (secondary N) is 1. The van der Waals surface area contributed by atoms with Crippen LogP contribution in [0.25, 0.3) is 0 Å². The van der Waals surface area contributed by atoms with Crippen molar-refractivity contribution in [2.75, 3.05) is 12.3 Å². The summed E-state index contributed by atoms with van der Waals surface area (Å²) in [7, 11) is -3.48. The number of urea groups is 1. The summed E-state index contributed by atoms with van der Waals surface area (Å²) in [6, 6.07) is 6.09. The van der Waals surface area contributed by atoms with Gasteiger partial charge in [-0.15, -0.1) is 0 Å². The minimum Gasteiger partial charge on any atom is -0.318 e. The molecule has 1 aromatic carbocycles. The van der Waals surface area contributed by atoms with Crippen molar-refractivity contribution in [1.82, 2.24) is 20.2 Å². The normalized spacial score (nSPS) is 20.0. The molecule has 1 atom stereocenters. The van der Waals surface area contributed by atoms with Crippen LogP contribution in [0, 0.1) is 6.92 Å². The Morgan fingerprint density at radius 2 is 2.00 bits per heavy atom. The molecule has 2 aromatic rings. The fourth-order valence-corrected chi connectivity index (χ4v) is 4.37. The molecule has 3 amide bonds. The first-order valence-corrected chi connectivity index (χ1v) is 10.1. The van der Waals surface area contributed by atoms with Crippen LogP contribution in [-0.2, 0) is 20.2 Å². The van der Waals surface area contributed by atoms with Crippen LogP contribution in [0.3, 0.4) is 0 Å². The van der Waals surface area contributed by atoms with Crippen molar-refractivity contribution in [2.24, 2.45) is 0 Å². The molecule has 1 fully saturated rings. The van der Waals surface area contributed by atoms with E-state index in [2.05, 4.69) is 15.3 Å². The van der Waals surface area contributed by atoms with E-state index in [0.29, 0.717) is 5.69 Å². The first-order chi connectivity index (χ1) is 12.7. The van der Waals surface area contributed by atoms with Gasteiger partial charge >= 0.3 is 6.03 Å². The highest BCUT2D eigenvalue weighted by atomic mass is 32.2. The second kappa shape index (κ2) is 7.07. The molecular formula is C18H20N4O4S. The van der Waals surface area contributed by atoms with Crippen molar-refractivity contribution in [3.63, 3.8) is 0 Å². The van der Waals surface area contributed by atoms with E-state index in [1.165, 1.54) is 18.6 Å². The third-order valence-corrected chi connectivity index (χ3v) is 6.29. The number of imide groups is 1. The van der Waals surface area contributed by atoms with Crippen molar-refractivity contribution < 1.29 is 18.0 Å². The lowest BCUT2D eigenvalue weighted by molar-refractivity contribution is -0.131. The summed E-state index contributed by atoms with van der Waals surface area (Å²) >= 11 is 0. The van der Waals surface area contributed by atoms with E-state index >= 15 is 0 Å². The summed E-state index contributed by atoms with van der Waals surface area (Å²) in [6.07, 6.45) is 4.48. The van der Waals surface area contributed by atoms with Crippen molar-refractivity contribution in [3.05, 3.63) is 54.1 Å². The number of nitrogens with zero attached hydrogens (tertiary/aromatic N) is 3. The van der Waals surface area contributed by atoms with E-state index < -0.39 is 27.3 Å². The maximum atomic E-state index is 12.7. The van der Waals surface area contributed by atoms with E-state index in [0.717, 1.165) is 10.5 Å². The molecule has 1 aromatic heterocycles. The van der Waals surface area contributed by atoms with Crippen molar-refractivity contribution in [2.45, 2.75) is 30.7 Å². The van der Waals surface area contributed by atoms with Gasteiger partial charge in [-0.05, 0) is 38.0 Å². The van der Waals surface area contributed by atoms with E-state index in [1.54, 1.807) is 25.1 Å². The standard InChI is InChI=1S/C18H20N4O4S/c1-13-5-3-6-14(11-13)27(25,26)10-4-9-22-16(23)18(2,21-17(22)24)15-12-19-7-8-20-15/h3,5-8,11-12H,4,9-10H2,1-2H3,(H,21,24). The fourth-order valence-electron chi connectivity index (χ4n) is 2.97. The van der Waals surface area contributed by atoms with E-state index in [-0.39, 0.29) is 23.6 Å². The van der Waals surface area contributed by atoms with Gasteiger partial charge in [-0.25, -0.2) is 13.2 Å². The number of amides is 3. The number of carbonyl (C=O) groups is 2. The largest absolute Gasteiger partial charge is 0.325 e. The van der Waals surface area contributed by atoms with Gasteiger partial charge in [0.1, 0.15) is 0 Å². The number of sulfone groups is 1. The Balaban J connectivity index is 1.68. The van der Waals surface area contributed by atoms with Crippen LogP contribution in [0.2, 0.25) is 0 Å². The summed E-state index contributed by atoms with van der Waals surface area (Å²) in [6.45, 7) is 3.38. The maximum Gasteiger partial charge on any atom is 0.325 e. The third kappa shape index (κ3) is 3.68. The number of aryl methyl sites for hydroxylation is 1. The minimum atomic E-state index is -3.48. The van der Waals surface area contributed by atoms with E-state index in [1.807, 2.05) is 13.0 Å². The monoisotopic (exact) mass is 388 g/mol. The topological polar surface area (TPSA) is 109 Å². The quantitative estimate of drug-likeness (QED) is 0.750. The average Bonchev–Trinajstić information content (AvgIpc) is 2.86. The Labute approximate surface area is 157 Å². The SMILES string of the molecule is Cc1cccc(S(=O)(=O)CCCN2C(=O)NC(C)(c3cnccn3)C2=O)c1. The van der Waals surface area contributed by atoms with Gasteiger partial charge in [-0.2, -0.15) is 0 Å². The van der Waals surface area contributed by atoms with Crippen LogP contribution in [-0.4, -0.2) is 47.5 Å². The molecule has 2 heterocycles. The molecule has 0 spiro atoms. The molecule has 1 unspecified atom stereocenters. The third-order valence-electron chi connectivity index (χ3n) is 4.49. The number of benzene rings is 1. The second-order valence-corrected chi connectivity index (χ2v) is 8.70. The van der Waals surface area contributed by atoms with Crippen LogP contribution in [0.1, 0.15) is 24.6 Å². The average molecular weight is 388 g/mol. The molecule has 27 heavy (non-hydrogen) atoms. The zero-order chi connectivity index (χ0) is 19.7. The van der Waals surface area contributed by atoms with Gasteiger partial charge in [0.05, 0.1) is 22.5 Å². The molecule has 1 aliphatic heterocycles. The molecule has 0 saturated carbocycles. The molecule has 0 bridgehead atoms. The molecule has 3 rings (SSSR count). The summed E-state index contributed by atoms with van der Waals surface area (Å²) in [5.41, 5.74) is -0.121. The first kappa shape index (κ1) is 19.0. The van der Waals surface area contributed by atoms with E-state index in [4.69, 9.17) is 0 Å². The Bertz CT molecular complexity index is 978. The van der Waals surface area contributed by atoms with Crippen LogP contribution < -0.4 is 5.32 Å². The maximum absolute atomic E-state index is 12.7. The Morgan fingerprint density at radius 1 is 1.22 bits per heavy atom. The number of rotatable bonds is 6. The number of carbonyl (C=O) groups excluding carboxylic acids is 2. The van der Waals surface area contributed by atoms with Crippen LogP contribution in [0.5, 0.6) is 0 Å². The smallest absolute Gasteiger partial charge is 0.318 e. The Kier molecular flexibility index (Phi) is 4.97. The van der Waals surface area contributed by atoms with Gasteiger partial charge in [0, 0.05) is 18.9 Å². The zero-order valence-electron chi connectivity index (χ0n) is 15.0. The number of aromatic nitrogens is 2. The number of hydrogen-bond donors (Lipinski definition) is 1. The summed E-state index contributed by atoms with van der Waals surface area (Å²) < 4.78 is 24.9. The van der Waals surface area contributed by atoms with E-state index in [9.17, 15) is 18.0 Å². The molecule has 9 heteroatoms. The first-order valence-electron chi connectivity index (χ1n) is 8.44. The van der Waals surface area contributed by atoms with Gasteiger partial charge in [0.25, 0.3) is 5.91 Å². The van der Waals surface area contributed by atoms with Crippen molar-refractivity contribution in [3.8, 4) is 0 Å². The van der Waals surface area contributed by atoms with Gasteiger partial charge in [-0.3, -0.25) is 19.7 Å². The highest BCUT2D eigenvalue weighted by Gasteiger charge is 2.49. The highest BCUT2D eigenvalue weighted by Crippen LogP contribution is 2.27. The summed E-state index contributed by atoms with van der Waals surface area (Å²) in [5, 5.41) is 2.62. The molecule has 1 N–H and O–H groups in total. The van der Waals surface area contributed by atoms with Gasteiger partial charge in [-0.1, -0.05) is 12.1 Å². The molecular weight excluding hydrogens is 368 g/mol. The lowest BCUT2D eigenvalue weighted by Gasteiger charge is -2.20. The summed E-state index contributed by atoms with van der Waals surface area (Å²) in [4.78, 5) is 34.3. The Morgan fingerprint density at radius 3 is 2.67 bits per heavy atom. The minimum absolute atomic E-state index is 0.00552. The van der Waals surface area contributed by atoms with Gasteiger partial charge in [0.15, 0.2) is 15.4 Å². The van der Waals surface area contributed by atoms with Crippen LogP contribution in [0.4, 0.5) is 4.79 Å². The number of hydrogen-bond acceptors (Lipinski definition) is 6. The van der Waals surface area contributed by atoms with Gasteiger partial charge < -0.3 is 5.32 Å². The van der Waals surface area contributed by atoms with Crippen molar-refractivity contribution in [1.29, 1.82) is 0 Å². The molecule has 1 saturated heterocycles. The highest BCUT2D eigenvalue weighted by molar-refractivity contribution is 7.91. The predicted octanol–water partition coefficient (Wildman–Crippen LogP) is 1.42. The second-order valence-electron chi connectivity index (χ2n) is 6.59. The van der Waals surface area contributed by atoms with Crippen LogP contribution in [0.15, 0.2) is 47.8 Å². The van der Waals surface area contributed by atoms with Crippen LogP contribution >= 0.6 is 0 Å². The molecule has 1 aliphatic rings. The molecule has 0 aliphatic carbocycles. The Hall–Kier alpha value is -2.81. The molecule has 8 nitrogen and oxygen atoms in total. The predicted molar refractivity (Wildman–Crippen MR) is 97.5 cm³/mol. The molecule has 142 valence electrons.